The van der Waals surface area contributed by atoms with Gasteiger partial charge >= 0.3 is 0 Å². The van der Waals surface area contributed by atoms with E-state index in [4.69, 9.17) is 17.3 Å². The molecule has 25 heavy (non-hydrogen) atoms. The number of nitrogen functional groups attached to an aromatic ring is 1. The Bertz CT molecular complexity index is 961. The molecule has 10 nitrogen and oxygen atoms in total. The van der Waals surface area contributed by atoms with Crippen molar-refractivity contribution >= 4 is 29.0 Å². The van der Waals surface area contributed by atoms with Crippen molar-refractivity contribution in [2.75, 3.05) is 5.73 Å². The standard InChI is InChI=1S/C14H13ClN8O2/c1-7(9-5-3-4-6-10(9)15)17-19-14(24)11-8(2)18-22-23(11)13-12(16)20-25-21-13/h3-6H,1-2H3,(H2,16,20)(H,19,24)/b17-7+. The Balaban J connectivity index is 1.88. The average Bonchev–Trinajstić information content (AvgIpc) is 3.18. The first-order valence-electron chi connectivity index (χ1n) is 7.09. The maximum absolute atomic E-state index is 12.5. The van der Waals surface area contributed by atoms with Crippen molar-refractivity contribution in [1.82, 2.24) is 30.7 Å². The van der Waals surface area contributed by atoms with Gasteiger partial charge in [0.05, 0.1) is 11.4 Å². The van der Waals surface area contributed by atoms with Gasteiger partial charge in [0.2, 0.25) is 11.6 Å². The van der Waals surface area contributed by atoms with Gasteiger partial charge in [-0.15, -0.1) is 5.10 Å². The Morgan fingerprint density at radius 2 is 2.12 bits per heavy atom. The lowest BCUT2D eigenvalue weighted by atomic mass is 10.1. The molecular weight excluding hydrogens is 348 g/mol. The van der Waals surface area contributed by atoms with Gasteiger partial charge in [0.25, 0.3) is 5.91 Å². The molecular formula is C14H13ClN8O2. The molecule has 0 aliphatic carbocycles. The summed E-state index contributed by atoms with van der Waals surface area (Å²) in [5, 5.41) is 19.4. The van der Waals surface area contributed by atoms with Crippen LogP contribution in [0.5, 0.6) is 0 Å². The maximum Gasteiger partial charge on any atom is 0.292 e. The summed E-state index contributed by atoms with van der Waals surface area (Å²) in [6.45, 7) is 3.34. The van der Waals surface area contributed by atoms with Crippen molar-refractivity contribution < 1.29 is 9.42 Å². The van der Waals surface area contributed by atoms with Crippen molar-refractivity contribution in [3.8, 4) is 5.82 Å². The fraction of sp³-hybridized carbons (Fsp3) is 0.143. The second kappa shape index (κ2) is 6.69. The second-order valence-electron chi connectivity index (χ2n) is 5.03. The number of hydrogen-bond acceptors (Lipinski definition) is 8. The summed E-state index contributed by atoms with van der Waals surface area (Å²) >= 11 is 6.11. The van der Waals surface area contributed by atoms with E-state index >= 15 is 0 Å². The van der Waals surface area contributed by atoms with Crippen molar-refractivity contribution in [1.29, 1.82) is 0 Å². The van der Waals surface area contributed by atoms with Crippen LogP contribution in [-0.2, 0) is 0 Å². The molecule has 0 saturated heterocycles. The van der Waals surface area contributed by atoms with Crippen molar-refractivity contribution in [3.63, 3.8) is 0 Å². The van der Waals surface area contributed by atoms with Gasteiger partial charge in [-0.1, -0.05) is 35.0 Å². The number of benzene rings is 1. The molecule has 0 bridgehead atoms. The minimum atomic E-state index is -0.545. The number of hydrazone groups is 1. The quantitative estimate of drug-likeness (QED) is 0.529. The van der Waals surface area contributed by atoms with Crippen molar-refractivity contribution in [3.05, 3.63) is 46.2 Å². The van der Waals surface area contributed by atoms with E-state index in [0.29, 0.717) is 22.0 Å². The van der Waals surface area contributed by atoms with Gasteiger partial charge in [0.1, 0.15) is 0 Å². The van der Waals surface area contributed by atoms with E-state index in [1.165, 1.54) is 0 Å². The molecule has 0 aliphatic heterocycles. The number of aromatic nitrogens is 5. The number of nitrogens with one attached hydrogen (secondary N) is 1. The number of carbonyl (C=O) groups excluding carboxylic acids is 1. The SMILES string of the molecule is C/C(=N\NC(=O)c1c(C)nnn1-c1nonc1N)c1ccccc1Cl. The molecule has 11 heteroatoms. The molecule has 2 aromatic heterocycles. The Kier molecular flexibility index (Phi) is 4.44. The highest BCUT2D eigenvalue weighted by Crippen LogP contribution is 2.17. The molecule has 3 aromatic rings. The van der Waals surface area contributed by atoms with Crippen LogP contribution in [0.4, 0.5) is 5.82 Å². The second-order valence-corrected chi connectivity index (χ2v) is 5.43. The van der Waals surface area contributed by atoms with E-state index in [1.54, 1.807) is 26.0 Å². The maximum atomic E-state index is 12.5. The third-order valence-electron chi connectivity index (χ3n) is 3.34. The zero-order valence-corrected chi connectivity index (χ0v) is 14.0. The Labute approximate surface area is 146 Å². The highest BCUT2D eigenvalue weighted by molar-refractivity contribution is 6.34. The van der Waals surface area contributed by atoms with Crippen LogP contribution >= 0.6 is 11.6 Å². The predicted molar refractivity (Wildman–Crippen MR) is 89.5 cm³/mol. The van der Waals surface area contributed by atoms with E-state index in [9.17, 15) is 4.79 Å². The van der Waals surface area contributed by atoms with Crippen LogP contribution in [0.15, 0.2) is 34.0 Å². The van der Waals surface area contributed by atoms with Crippen LogP contribution in [-0.4, -0.2) is 36.9 Å². The summed E-state index contributed by atoms with van der Waals surface area (Å²) in [5.74, 6) is -0.497. The summed E-state index contributed by atoms with van der Waals surface area (Å²) in [6.07, 6.45) is 0. The predicted octanol–water partition coefficient (Wildman–Crippen LogP) is 1.35. The van der Waals surface area contributed by atoms with Gasteiger partial charge in [0.15, 0.2) is 5.69 Å². The smallest absolute Gasteiger partial charge is 0.292 e. The van der Waals surface area contributed by atoms with Crippen LogP contribution in [0.3, 0.4) is 0 Å². The van der Waals surface area contributed by atoms with Crippen LogP contribution in [0, 0.1) is 6.92 Å². The van der Waals surface area contributed by atoms with E-state index in [1.807, 2.05) is 12.1 Å². The van der Waals surface area contributed by atoms with Crippen molar-refractivity contribution in [2.24, 2.45) is 5.10 Å². The molecule has 0 atom stereocenters. The third kappa shape index (κ3) is 3.19. The lowest BCUT2D eigenvalue weighted by Crippen LogP contribution is -2.24. The third-order valence-corrected chi connectivity index (χ3v) is 3.67. The monoisotopic (exact) mass is 360 g/mol. The number of halogens is 1. The number of rotatable bonds is 4. The van der Waals surface area contributed by atoms with Crippen LogP contribution in [0.1, 0.15) is 28.7 Å². The molecule has 3 N–H and O–H groups in total. The summed E-state index contributed by atoms with van der Waals surface area (Å²) in [4.78, 5) is 12.5. The molecule has 128 valence electrons. The van der Waals surface area contributed by atoms with Gasteiger partial charge in [0, 0.05) is 10.6 Å². The zero-order valence-electron chi connectivity index (χ0n) is 13.3. The number of hydrogen-bond donors (Lipinski definition) is 2. The molecule has 0 aliphatic rings. The van der Waals surface area contributed by atoms with Crippen molar-refractivity contribution in [2.45, 2.75) is 13.8 Å². The zero-order chi connectivity index (χ0) is 18.0. The fourth-order valence-corrected chi connectivity index (χ4v) is 2.38. The van der Waals surface area contributed by atoms with Gasteiger partial charge in [-0.25, -0.2) is 10.1 Å². The normalized spacial score (nSPS) is 11.6. The number of anilines is 1. The Morgan fingerprint density at radius 1 is 1.36 bits per heavy atom. The van der Waals surface area contributed by atoms with Gasteiger partial charge in [-0.05, 0) is 30.2 Å². The summed E-state index contributed by atoms with van der Waals surface area (Å²) in [5.41, 5.74) is 9.80. The van der Waals surface area contributed by atoms with E-state index in [-0.39, 0.29) is 17.3 Å². The molecule has 0 fully saturated rings. The van der Waals surface area contributed by atoms with Crippen LogP contribution in [0.2, 0.25) is 5.02 Å². The van der Waals surface area contributed by atoms with E-state index in [2.05, 4.69) is 35.8 Å². The minimum Gasteiger partial charge on any atom is -0.378 e. The molecule has 2 heterocycles. The number of carbonyl (C=O) groups is 1. The first-order chi connectivity index (χ1) is 12.0. The van der Waals surface area contributed by atoms with Gasteiger partial charge in [-0.2, -0.15) is 9.78 Å². The lowest BCUT2D eigenvalue weighted by molar-refractivity contribution is 0.0946. The summed E-state index contributed by atoms with van der Waals surface area (Å²) in [6, 6.07) is 7.17. The molecule has 0 spiro atoms. The lowest BCUT2D eigenvalue weighted by Gasteiger charge is -2.05. The van der Waals surface area contributed by atoms with Crippen LogP contribution in [0.25, 0.3) is 5.82 Å². The fourth-order valence-electron chi connectivity index (χ4n) is 2.11. The number of aryl methyl sites for hydroxylation is 1. The van der Waals surface area contributed by atoms with E-state index in [0.717, 1.165) is 4.68 Å². The first kappa shape index (κ1) is 16.6. The largest absolute Gasteiger partial charge is 0.378 e. The van der Waals surface area contributed by atoms with E-state index < -0.39 is 5.91 Å². The minimum absolute atomic E-state index is 0.0188. The highest BCUT2D eigenvalue weighted by atomic mass is 35.5. The number of amides is 1. The topological polar surface area (TPSA) is 137 Å². The molecule has 3 rings (SSSR count). The Morgan fingerprint density at radius 3 is 2.80 bits per heavy atom. The summed E-state index contributed by atoms with van der Waals surface area (Å²) < 4.78 is 5.66. The average molecular weight is 361 g/mol. The van der Waals surface area contributed by atoms with Crippen LogP contribution < -0.4 is 11.2 Å². The first-order valence-corrected chi connectivity index (χ1v) is 7.47. The van der Waals surface area contributed by atoms with Gasteiger partial charge < -0.3 is 5.73 Å². The molecule has 1 amide bonds. The highest BCUT2D eigenvalue weighted by Gasteiger charge is 2.22. The molecule has 0 unspecified atom stereocenters. The number of nitrogens with zero attached hydrogens (tertiary/aromatic N) is 6. The summed E-state index contributed by atoms with van der Waals surface area (Å²) in [7, 11) is 0. The Hall–Kier alpha value is -3.27. The molecule has 1 aromatic carbocycles. The van der Waals surface area contributed by atoms with Gasteiger partial charge in [-0.3, -0.25) is 4.79 Å². The molecule has 0 radical (unpaired) electrons. The number of nitrogens with two attached hydrogens (primary N) is 1. The molecule has 0 saturated carbocycles.